The first-order valence-electron chi connectivity index (χ1n) is 8.43. The summed E-state index contributed by atoms with van der Waals surface area (Å²) < 4.78 is 18.7. The third-order valence-electron chi connectivity index (χ3n) is 4.31. The molecule has 0 bridgehead atoms. The fourth-order valence-corrected chi connectivity index (χ4v) is 3.03. The van der Waals surface area contributed by atoms with Crippen molar-refractivity contribution in [2.75, 3.05) is 11.9 Å². The van der Waals surface area contributed by atoms with Gasteiger partial charge in [-0.3, -0.25) is 9.59 Å². The molecule has 3 rings (SSSR count). The molecule has 0 saturated carbocycles. The van der Waals surface area contributed by atoms with Crippen LogP contribution in [-0.4, -0.2) is 34.5 Å². The highest BCUT2D eigenvalue weighted by atomic mass is 19.1. The second-order valence-corrected chi connectivity index (χ2v) is 6.32. The summed E-state index contributed by atoms with van der Waals surface area (Å²) in [5.74, 6) is -0.0596. The molecule has 1 atom stereocenters. The van der Waals surface area contributed by atoms with Crippen molar-refractivity contribution in [1.82, 2.24) is 10.1 Å². The average molecular weight is 357 g/mol. The Kier molecular flexibility index (Phi) is 5.16. The molecule has 1 aromatic heterocycles. The van der Waals surface area contributed by atoms with Crippen molar-refractivity contribution in [3.05, 3.63) is 53.0 Å². The molecule has 1 saturated heterocycles. The van der Waals surface area contributed by atoms with Gasteiger partial charge in [-0.2, -0.15) is 0 Å². The van der Waals surface area contributed by atoms with Crippen LogP contribution in [0.5, 0.6) is 0 Å². The number of nitrogens with zero attached hydrogens (tertiary/aromatic N) is 2. The fraction of sp³-hybridized carbons (Fsp3) is 0.316. The summed E-state index contributed by atoms with van der Waals surface area (Å²) in [6.07, 6.45) is 2.81. The fourth-order valence-electron chi connectivity index (χ4n) is 3.03. The Bertz CT molecular complexity index is 859. The third-order valence-corrected chi connectivity index (χ3v) is 4.31. The van der Waals surface area contributed by atoms with Crippen LogP contribution in [0, 0.1) is 12.7 Å². The lowest BCUT2D eigenvalue weighted by atomic mass is 10.1. The number of likely N-dealkylation sites (tertiary alicyclic amines) is 1. The minimum absolute atomic E-state index is 0.276. The van der Waals surface area contributed by atoms with Crippen LogP contribution in [0.4, 0.5) is 10.2 Å². The topological polar surface area (TPSA) is 75.4 Å². The van der Waals surface area contributed by atoms with Crippen LogP contribution in [0.15, 0.2) is 40.4 Å². The summed E-state index contributed by atoms with van der Waals surface area (Å²) in [5, 5.41) is 6.40. The summed E-state index contributed by atoms with van der Waals surface area (Å²) in [6, 6.07) is 7.28. The number of hydrogen-bond donors (Lipinski definition) is 1. The lowest BCUT2D eigenvalue weighted by Crippen LogP contribution is -2.43. The summed E-state index contributed by atoms with van der Waals surface area (Å²) in [5.41, 5.74) is 0.726. The molecule has 2 amide bonds. The molecule has 0 radical (unpaired) electrons. The number of benzene rings is 1. The number of anilines is 1. The highest BCUT2D eigenvalue weighted by molar-refractivity contribution is 6.02. The van der Waals surface area contributed by atoms with E-state index in [0.29, 0.717) is 35.7 Å². The van der Waals surface area contributed by atoms with E-state index in [1.165, 1.54) is 17.0 Å². The lowest BCUT2D eigenvalue weighted by Gasteiger charge is -2.24. The molecule has 1 N–H and O–H groups in total. The number of aromatic nitrogens is 1. The Morgan fingerprint density at radius 1 is 1.38 bits per heavy atom. The van der Waals surface area contributed by atoms with Gasteiger partial charge in [0.2, 0.25) is 11.8 Å². The zero-order valence-electron chi connectivity index (χ0n) is 14.7. The zero-order chi connectivity index (χ0) is 18.7. The molecule has 6 nitrogen and oxygen atoms in total. The Hall–Kier alpha value is -2.96. The largest absolute Gasteiger partial charge is 0.360 e. The van der Waals surface area contributed by atoms with E-state index < -0.39 is 11.9 Å². The van der Waals surface area contributed by atoms with Crippen LogP contribution >= 0.6 is 0 Å². The maximum absolute atomic E-state index is 13.8. The summed E-state index contributed by atoms with van der Waals surface area (Å²) in [4.78, 5) is 26.8. The van der Waals surface area contributed by atoms with Crippen molar-refractivity contribution >= 4 is 23.7 Å². The molecular formula is C19H20FN3O3. The molecule has 1 aliphatic rings. The maximum Gasteiger partial charge on any atom is 0.250 e. The first kappa shape index (κ1) is 17.8. The quantitative estimate of drug-likeness (QED) is 0.853. The predicted octanol–water partition coefficient (Wildman–Crippen LogP) is 3.16. The van der Waals surface area contributed by atoms with Crippen LogP contribution in [0.2, 0.25) is 0 Å². The molecule has 136 valence electrons. The SMILES string of the molecule is C/C(=C\c1ccccc1F)C(=O)N1CCC[C@@H]1C(=O)Nc1cc(C)on1. The van der Waals surface area contributed by atoms with Gasteiger partial charge in [0, 0.05) is 23.7 Å². The Morgan fingerprint density at radius 3 is 2.85 bits per heavy atom. The second kappa shape index (κ2) is 7.51. The van der Waals surface area contributed by atoms with E-state index >= 15 is 0 Å². The molecule has 0 aliphatic carbocycles. The van der Waals surface area contributed by atoms with Crippen LogP contribution in [-0.2, 0) is 9.59 Å². The molecule has 0 spiro atoms. The van der Waals surface area contributed by atoms with Gasteiger partial charge in [-0.1, -0.05) is 23.4 Å². The zero-order valence-corrected chi connectivity index (χ0v) is 14.7. The van der Waals surface area contributed by atoms with Gasteiger partial charge in [-0.25, -0.2) is 4.39 Å². The molecule has 7 heteroatoms. The van der Waals surface area contributed by atoms with E-state index in [0.717, 1.165) is 6.42 Å². The van der Waals surface area contributed by atoms with E-state index in [1.54, 1.807) is 38.1 Å². The highest BCUT2D eigenvalue weighted by Gasteiger charge is 2.34. The van der Waals surface area contributed by atoms with Crippen molar-refractivity contribution in [2.24, 2.45) is 0 Å². The first-order chi connectivity index (χ1) is 12.5. The number of carbonyl (C=O) groups excluding carboxylic acids is 2. The van der Waals surface area contributed by atoms with Gasteiger partial charge in [0.15, 0.2) is 5.82 Å². The molecule has 1 aliphatic heterocycles. The van der Waals surface area contributed by atoms with Crippen molar-refractivity contribution in [1.29, 1.82) is 0 Å². The summed E-state index contributed by atoms with van der Waals surface area (Å²) in [6.45, 7) is 3.84. The van der Waals surface area contributed by atoms with Crippen LogP contribution in [0.1, 0.15) is 31.1 Å². The standard InChI is InChI=1S/C19H20FN3O3/c1-12(10-14-6-3-4-7-15(14)20)19(25)23-9-5-8-16(23)18(24)21-17-11-13(2)26-22-17/h3-4,6-7,10-11,16H,5,8-9H2,1-2H3,(H,21,22,24)/b12-10+/t16-/m1/s1. The van der Waals surface area contributed by atoms with Crippen LogP contribution < -0.4 is 5.32 Å². The van der Waals surface area contributed by atoms with Gasteiger partial charge in [0.05, 0.1) is 0 Å². The van der Waals surface area contributed by atoms with Crippen LogP contribution in [0.3, 0.4) is 0 Å². The molecule has 0 unspecified atom stereocenters. The van der Waals surface area contributed by atoms with E-state index in [1.807, 2.05) is 0 Å². The average Bonchev–Trinajstić information content (AvgIpc) is 3.25. The Morgan fingerprint density at radius 2 is 2.15 bits per heavy atom. The molecule has 1 fully saturated rings. The Labute approximate surface area is 150 Å². The van der Waals surface area contributed by atoms with Gasteiger partial charge in [-0.05, 0) is 38.8 Å². The minimum Gasteiger partial charge on any atom is -0.360 e. The monoisotopic (exact) mass is 357 g/mol. The Balaban J connectivity index is 1.73. The van der Waals surface area contributed by atoms with E-state index in [4.69, 9.17) is 4.52 Å². The summed E-state index contributed by atoms with van der Waals surface area (Å²) in [7, 11) is 0. The number of nitrogens with one attached hydrogen (secondary N) is 1. The normalized spacial score (nSPS) is 17.4. The molecular weight excluding hydrogens is 337 g/mol. The van der Waals surface area contributed by atoms with Gasteiger partial charge in [-0.15, -0.1) is 0 Å². The van der Waals surface area contributed by atoms with Crippen LogP contribution in [0.25, 0.3) is 6.08 Å². The van der Waals surface area contributed by atoms with Crippen molar-refractivity contribution in [2.45, 2.75) is 32.7 Å². The van der Waals surface area contributed by atoms with Gasteiger partial charge in [0.1, 0.15) is 17.6 Å². The molecule has 1 aromatic carbocycles. The number of hydrogen-bond acceptors (Lipinski definition) is 4. The number of aryl methyl sites for hydroxylation is 1. The van der Waals surface area contributed by atoms with E-state index in [-0.39, 0.29) is 11.8 Å². The van der Waals surface area contributed by atoms with Gasteiger partial charge < -0.3 is 14.7 Å². The van der Waals surface area contributed by atoms with E-state index in [9.17, 15) is 14.0 Å². The highest BCUT2D eigenvalue weighted by Crippen LogP contribution is 2.22. The van der Waals surface area contributed by atoms with Gasteiger partial charge in [0.25, 0.3) is 0 Å². The van der Waals surface area contributed by atoms with Gasteiger partial charge >= 0.3 is 0 Å². The number of rotatable bonds is 4. The predicted molar refractivity (Wildman–Crippen MR) is 94.7 cm³/mol. The van der Waals surface area contributed by atoms with Crippen molar-refractivity contribution < 1.29 is 18.5 Å². The van der Waals surface area contributed by atoms with Crippen molar-refractivity contribution in [3.8, 4) is 0 Å². The smallest absolute Gasteiger partial charge is 0.250 e. The second-order valence-electron chi connectivity index (χ2n) is 6.32. The first-order valence-corrected chi connectivity index (χ1v) is 8.43. The maximum atomic E-state index is 13.8. The van der Waals surface area contributed by atoms with Crippen molar-refractivity contribution in [3.63, 3.8) is 0 Å². The molecule has 2 heterocycles. The minimum atomic E-state index is -0.580. The number of halogens is 1. The third kappa shape index (κ3) is 3.82. The lowest BCUT2D eigenvalue weighted by molar-refractivity contribution is -0.133. The summed E-state index contributed by atoms with van der Waals surface area (Å²) >= 11 is 0. The number of amides is 2. The molecule has 26 heavy (non-hydrogen) atoms. The van der Waals surface area contributed by atoms with E-state index in [2.05, 4.69) is 10.5 Å². The molecule has 2 aromatic rings. The number of carbonyl (C=O) groups is 2.